The van der Waals surface area contributed by atoms with E-state index in [0.717, 1.165) is 0 Å². The number of benzene rings is 3. The Morgan fingerprint density at radius 2 is 1.31 bits per heavy atom. The summed E-state index contributed by atoms with van der Waals surface area (Å²) in [6.45, 7) is 1.59. The van der Waals surface area contributed by atoms with Crippen LogP contribution in [0.5, 0.6) is 0 Å². The summed E-state index contributed by atoms with van der Waals surface area (Å²) in [4.78, 5) is 52.4. The number of fused-ring (bicyclic) bond motifs is 1. The zero-order chi connectivity index (χ0) is 31.5. The number of carbonyl (C=O) groups is 3. The number of carbonyl (C=O) groups excluding carboxylic acids is 3. The maximum atomic E-state index is 13.4. The molecule has 3 heterocycles. The van der Waals surface area contributed by atoms with Gasteiger partial charge in [0.1, 0.15) is 17.7 Å². The number of ether oxygens (including phenoxy) is 4. The number of rotatable bonds is 8. The maximum absolute atomic E-state index is 13.4. The number of aromatic nitrogens is 4. The zero-order valence-electron chi connectivity index (χ0n) is 23.7. The number of nitrogen functional groups attached to an aromatic ring is 1. The van der Waals surface area contributed by atoms with Gasteiger partial charge in [0.25, 0.3) is 0 Å². The zero-order valence-corrected chi connectivity index (χ0v) is 24.5. The molecule has 0 radical (unpaired) electrons. The normalized spacial score (nSPS) is 20.0. The first-order chi connectivity index (χ1) is 21.8. The van der Waals surface area contributed by atoms with Crippen LogP contribution in [-0.4, -0.2) is 61.8 Å². The van der Waals surface area contributed by atoms with Crippen molar-refractivity contribution in [2.75, 3.05) is 5.73 Å². The highest BCUT2D eigenvalue weighted by molar-refractivity contribution is 6.33. The van der Waals surface area contributed by atoms with Gasteiger partial charge < -0.3 is 24.7 Å². The fourth-order valence-electron chi connectivity index (χ4n) is 5.02. The van der Waals surface area contributed by atoms with Crippen molar-refractivity contribution in [2.24, 2.45) is 0 Å². The summed E-state index contributed by atoms with van der Waals surface area (Å²) >= 11 is 6.28. The van der Waals surface area contributed by atoms with Crippen molar-refractivity contribution in [3.63, 3.8) is 0 Å². The second-order valence-corrected chi connectivity index (χ2v) is 10.5. The van der Waals surface area contributed by atoms with Crippen molar-refractivity contribution >= 4 is 46.6 Å². The lowest BCUT2D eigenvalue weighted by molar-refractivity contribution is -0.0869. The molecule has 0 aliphatic carbocycles. The standard InChI is InChI=1S/C32H26ClN5O7/c1-18(42-29(39)19-11-5-2-6-12-19)23-24(44-30(40)20-13-7-3-8-14-20)25(45-31(41)21-15-9-4-10-16-21)28(43-23)38-17-35-22-26(33)36-32(34)37-27(22)38/h2-18,23-25,28H,1H3,(H2,34,36,37). The molecular weight excluding hydrogens is 602 g/mol. The van der Waals surface area contributed by atoms with Crippen molar-refractivity contribution in [3.05, 3.63) is 119 Å². The van der Waals surface area contributed by atoms with Crippen molar-refractivity contribution in [2.45, 2.75) is 37.6 Å². The van der Waals surface area contributed by atoms with Crippen LogP contribution in [0.1, 0.15) is 44.2 Å². The summed E-state index contributed by atoms with van der Waals surface area (Å²) in [5.74, 6) is -2.16. The van der Waals surface area contributed by atoms with E-state index in [1.807, 2.05) is 0 Å². The molecule has 6 rings (SSSR count). The third-order valence-corrected chi connectivity index (χ3v) is 7.43. The molecule has 0 saturated carbocycles. The largest absolute Gasteiger partial charge is 0.456 e. The molecule has 5 aromatic rings. The van der Waals surface area contributed by atoms with Crippen LogP contribution >= 0.6 is 11.6 Å². The van der Waals surface area contributed by atoms with Gasteiger partial charge in [0.15, 0.2) is 29.2 Å². The van der Waals surface area contributed by atoms with Crippen LogP contribution in [0.3, 0.4) is 0 Å². The van der Waals surface area contributed by atoms with Crippen LogP contribution in [-0.2, 0) is 18.9 Å². The highest BCUT2D eigenvalue weighted by atomic mass is 35.5. The van der Waals surface area contributed by atoms with Crippen LogP contribution in [0.15, 0.2) is 97.3 Å². The molecule has 5 unspecified atom stereocenters. The van der Waals surface area contributed by atoms with Crippen molar-refractivity contribution in [1.29, 1.82) is 0 Å². The minimum atomic E-state index is -1.28. The van der Waals surface area contributed by atoms with E-state index < -0.39 is 48.6 Å². The van der Waals surface area contributed by atoms with E-state index in [4.69, 9.17) is 36.3 Å². The summed E-state index contributed by atoms with van der Waals surface area (Å²) in [5.41, 5.74) is 7.10. The fraction of sp³-hybridized carbons (Fsp3) is 0.188. The number of esters is 3. The average molecular weight is 628 g/mol. The van der Waals surface area contributed by atoms with Gasteiger partial charge in [0, 0.05) is 0 Å². The molecular formula is C32H26ClN5O7. The number of hydrogen-bond acceptors (Lipinski definition) is 11. The average Bonchev–Trinajstić information content (AvgIpc) is 3.63. The Hall–Kier alpha value is -5.33. The van der Waals surface area contributed by atoms with E-state index in [2.05, 4.69) is 15.0 Å². The van der Waals surface area contributed by atoms with Crippen LogP contribution < -0.4 is 5.73 Å². The van der Waals surface area contributed by atoms with Crippen LogP contribution in [0.25, 0.3) is 11.2 Å². The number of nitrogens with two attached hydrogens (primary N) is 1. The van der Waals surface area contributed by atoms with E-state index >= 15 is 0 Å². The second-order valence-electron chi connectivity index (χ2n) is 10.1. The molecule has 13 heteroatoms. The van der Waals surface area contributed by atoms with Gasteiger partial charge in [0.2, 0.25) is 5.95 Å². The number of hydrogen-bond donors (Lipinski definition) is 1. The number of anilines is 1. The van der Waals surface area contributed by atoms with Gasteiger partial charge in [-0.15, -0.1) is 0 Å². The van der Waals surface area contributed by atoms with Gasteiger partial charge in [0.05, 0.1) is 23.0 Å². The van der Waals surface area contributed by atoms with Crippen molar-refractivity contribution < 1.29 is 33.3 Å². The first-order valence-corrected chi connectivity index (χ1v) is 14.3. The molecule has 1 aliphatic rings. The fourth-order valence-corrected chi connectivity index (χ4v) is 5.24. The molecule has 3 aromatic carbocycles. The third kappa shape index (κ3) is 6.19. The summed E-state index contributed by atoms with van der Waals surface area (Å²) in [7, 11) is 0. The summed E-state index contributed by atoms with van der Waals surface area (Å²) in [5, 5.41) is 0.000779. The molecule has 0 bridgehead atoms. The lowest BCUT2D eigenvalue weighted by atomic mass is 10.0. The third-order valence-electron chi connectivity index (χ3n) is 7.17. The van der Waals surface area contributed by atoms with Gasteiger partial charge in [-0.05, 0) is 43.3 Å². The van der Waals surface area contributed by atoms with Crippen molar-refractivity contribution in [1.82, 2.24) is 19.5 Å². The molecule has 0 amide bonds. The van der Waals surface area contributed by atoms with Crippen LogP contribution in [0.2, 0.25) is 5.15 Å². The summed E-state index contributed by atoms with van der Waals surface area (Å²) in [6, 6.07) is 25.0. The molecule has 1 fully saturated rings. The Kier molecular flexibility index (Phi) is 8.41. The number of nitrogens with zero attached hydrogens (tertiary/aromatic N) is 4. The molecule has 2 N–H and O–H groups in total. The molecule has 1 saturated heterocycles. The number of halogens is 1. The quantitative estimate of drug-likeness (QED) is 0.145. The smallest absolute Gasteiger partial charge is 0.338 e. The first kappa shape index (κ1) is 29.7. The highest BCUT2D eigenvalue weighted by Gasteiger charge is 2.54. The topological polar surface area (TPSA) is 158 Å². The Bertz CT molecular complexity index is 1840. The van der Waals surface area contributed by atoms with E-state index in [9.17, 15) is 14.4 Å². The van der Waals surface area contributed by atoms with E-state index in [0.29, 0.717) is 5.56 Å². The highest BCUT2D eigenvalue weighted by Crippen LogP contribution is 2.39. The predicted octanol–water partition coefficient (Wildman–Crippen LogP) is 4.66. The van der Waals surface area contributed by atoms with Gasteiger partial charge in [-0.2, -0.15) is 9.97 Å². The Morgan fingerprint density at radius 1 is 0.800 bits per heavy atom. The Balaban J connectivity index is 1.42. The lowest BCUT2D eigenvalue weighted by Gasteiger charge is -2.27. The first-order valence-electron chi connectivity index (χ1n) is 13.9. The van der Waals surface area contributed by atoms with E-state index in [1.165, 1.54) is 10.9 Å². The van der Waals surface area contributed by atoms with Gasteiger partial charge >= 0.3 is 17.9 Å². The molecule has 1 aliphatic heterocycles. The molecule has 5 atom stereocenters. The van der Waals surface area contributed by atoms with Gasteiger partial charge in [-0.3, -0.25) is 4.57 Å². The van der Waals surface area contributed by atoms with Gasteiger partial charge in [-0.1, -0.05) is 66.2 Å². The number of imidazole rings is 1. The molecule has 12 nitrogen and oxygen atoms in total. The lowest BCUT2D eigenvalue weighted by Crippen LogP contribution is -2.44. The summed E-state index contributed by atoms with van der Waals surface area (Å²) in [6.07, 6.45) is -4.45. The predicted molar refractivity (Wildman–Crippen MR) is 161 cm³/mol. The van der Waals surface area contributed by atoms with Gasteiger partial charge in [-0.25, -0.2) is 19.4 Å². The minimum absolute atomic E-state index is 0.000779. The van der Waals surface area contributed by atoms with E-state index in [-0.39, 0.29) is 33.4 Å². The molecule has 228 valence electrons. The maximum Gasteiger partial charge on any atom is 0.338 e. The minimum Gasteiger partial charge on any atom is -0.456 e. The van der Waals surface area contributed by atoms with Crippen LogP contribution in [0.4, 0.5) is 5.95 Å². The Morgan fingerprint density at radius 3 is 1.87 bits per heavy atom. The molecule has 2 aromatic heterocycles. The monoisotopic (exact) mass is 627 g/mol. The Labute approximate surface area is 261 Å². The van der Waals surface area contributed by atoms with Crippen LogP contribution in [0, 0.1) is 0 Å². The second kappa shape index (κ2) is 12.7. The summed E-state index contributed by atoms with van der Waals surface area (Å²) < 4.78 is 25.7. The van der Waals surface area contributed by atoms with Crippen molar-refractivity contribution in [3.8, 4) is 0 Å². The SMILES string of the molecule is CC(OC(=O)c1ccccc1)C1OC(n2cnc3c(Cl)nc(N)nc32)C(OC(=O)c2ccccc2)C1OC(=O)c1ccccc1. The molecule has 45 heavy (non-hydrogen) atoms. The molecule has 0 spiro atoms. The van der Waals surface area contributed by atoms with E-state index in [1.54, 1.807) is 97.9 Å².